The van der Waals surface area contributed by atoms with Gasteiger partial charge in [0.05, 0.1) is 12.1 Å². The van der Waals surface area contributed by atoms with E-state index in [1.807, 2.05) is 37.3 Å². The van der Waals surface area contributed by atoms with Gasteiger partial charge in [0.15, 0.2) is 11.6 Å². The minimum atomic E-state index is -0.490. The van der Waals surface area contributed by atoms with Crippen LogP contribution in [0.3, 0.4) is 0 Å². The van der Waals surface area contributed by atoms with Gasteiger partial charge in [-0.05, 0) is 30.7 Å². The molecular weight excluding hydrogens is 416 g/mol. The Kier molecular flexibility index (Phi) is 8.59. The first-order valence-corrected chi connectivity index (χ1v) is 12.2. The van der Waals surface area contributed by atoms with Gasteiger partial charge >= 0.3 is 0 Å². The van der Waals surface area contributed by atoms with Gasteiger partial charge in [0, 0.05) is 44.7 Å². The first-order chi connectivity index (χ1) is 15.9. The Bertz CT molecular complexity index is 881. The molecule has 3 rings (SSSR count). The van der Waals surface area contributed by atoms with E-state index in [4.69, 9.17) is 0 Å². The molecular formula is C27H36N2O4. The molecule has 1 unspecified atom stereocenters. The summed E-state index contributed by atoms with van der Waals surface area (Å²) in [7, 11) is 0. The molecule has 2 amide bonds. The molecule has 2 aliphatic heterocycles. The number of benzene rings is 1. The maximum Gasteiger partial charge on any atom is 0.223 e. The molecule has 2 aliphatic rings. The Balaban J connectivity index is 1.65. The number of likely N-dealkylation sites (tertiary alicyclic amines) is 2. The molecule has 178 valence electrons. The molecule has 0 aromatic heterocycles. The van der Waals surface area contributed by atoms with Crippen LogP contribution in [0.2, 0.25) is 0 Å². The van der Waals surface area contributed by atoms with Crippen LogP contribution in [0.5, 0.6) is 0 Å². The van der Waals surface area contributed by atoms with Crippen molar-refractivity contribution in [2.45, 2.75) is 76.8 Å². The summed E-state index contributed by atoms with van der Waals surface area (Å²) in [6, 6.07) is 9.06. The molecule has 33 heavy (non-hydrogen) atoms. The first-order valence-electron chi connectivity index (χ1n) is 12.2. The van der Waals surface area contributed by atoms with Gasteiger partial charge in [0.2, 0.25) is 11.8 Å². The zero-order chi connectivity index (χ0) is 24.0. The van der Waals surface area contributed by atoms with Crippen LogP contribution in [0.25, 0.3) is 0 Å². The lowest BCUT2D eigenvalue weighted by atomic mass is 9.92. The number of rotatable bonds is 10. The number of Topliss-reactive ketones (excluding diaryl/α,β-unsaturated/α-hetero) is 2. The summed E-state index contributed by atoms with van der Waals surface area (Å²) in [5.74, 6) is 0.0557. The first kappa shape index (κ1) is 24.9. The predicted octanol–water partition coefficient (Wildman–Crippen LogP) is 3.90. The number of carbonyl (C=O) groups is 4. The van der Waals surface area contributed by atoms with E-state index >= 15 is 0 Å². The number of allylic oxidation sites excluding steroid dienone is 1. The van der Waals surface area contributed by atoms with Gasteiger partial charge in [-0.1, -0.05) is 50.3 Å². The summed E-state index contributed by atoms with van der Waals surface area (Å²) in [6.45, 7) is 8.48. The van der Waals surface area contributed by atoms with Gasteiger partial charge in [-0.2, -0.15) is 0 Å². The van der Waals surface area contributed by atoms with Crippen LogP contribution < -0.4 is 0 Å². The number of ketones is 2. The molecule has 2 saturated heterocycles. The Labute approximate surface area is 197 Å². The van der Waals surface area contributed by atoms with Crippen LogP contribution in [0.1, 0.15) is 70.3 Å². The normalized spacial score (nSPS) is 24.7. The number of carbonyl (C=O) groups excluding carboxylic acids is 4. The number of hydrogen-bond donors (Lipinski definition) is 0. The lowest BCUT2D eigenvalue weighted by Crippen LogP contribution is -2.44. The molecule has 0 N–H and O–H groups in total. The summed E-state index contributed by atoms with van der Waals surface area (Å²) < 4.78 is 0. The van der Waals surface area contributed by atoms with Crippen LogP contribution in [0, 0.1) is 5.92 Å². The van der Waals surface area contributed by atoms with Gasteiger partial charge < -0.3 is 9.80 Å². The van der Waals surface area contributed by atoms with E-state index in [0.29, 0.717) is 38.8 Å². The van der Waals surface area contributed by atoms with Crippen LogP contribution in [-0.4, -0.2) is 58.4 Å². The summed E-state index contributed by atoms with van der Waals surface area (Å²) in [5.41, 5.74) is 1.13. The van der Waals surface area contributed by atoms with E-state index in [1.54, 1.807) is 22.8 Å². The van der Waals surface area contributed by atoms with Crippen molar-refractivity contribution >= 4 is 23.4 Å². The van der Waals surface area contributed by atoms with Crippen molar-refractivity contribution in [3.8, 4) is 0 Å². The number of hydrogen-bond acceptors (Lipinski definition) is 4. The van der Waals surface area contributed by atoms with Crippen molar-refractivity contribution in [2.75, 3.05) is 13.1 Å². The molecule has 0 radical (unpaired) electrons. The minimum absolute atomic E-state index is 0.0291. The van der Waals surface area contributed by atoms with Crippen LogP contribution in [-0.2, 0) is 19.2 Å². The zero-order valence-corrected chi connectivity index (χ0v) is 19.9. The van der Waals surface area contributed by atoms with Crippen molar-refractivity contribution in [1.82, 2.24) is 9.80 Å². The largest absolute Gasteiger partial charge is 0.332 e. The third-order valence-electron chi connectivity index (χ3n) is 7.14. The Hall–Kier alpha value is -2.76. The molecule has 0 bridgehead atoms. The highest BCUT2D eigenvalue weighted by Gasteiger charge is 2.41. The minimum Gasteiger partial charge on any atom is -0.332 e. The fourth-order valence-corrected chi connectivity index (χ4v) is 5.37. The van der Waals surface area contributed by atoms with Crippen molar-refractivity contribution in [1.29, 1.82) is 0 Å². The second-order valence-corrected chi connectivity index (χ2v) is 9.15. The van der Waals surface area contributed by atoms with Gasteiger partial charge in [0.25, 0.3) is 0 Å². The zero-order valence-electron chi connectivity index (χ0n) is 19.9. The topological polar surface area (TPSA) is 74.8 Å². The summed E-state index contributed by atoms with van der Waals surface area (Å²) in [6.07, 6.45) is 4.79. The highest BCUT2D eigenvalue weighted by atomic mass is 16.2. The molecule has 0 aliphatic carbocycles. The molecule has 2 fully saturated rings. The van der Waals surface area contributed by atoms with Crippen LogP contribution >= 0.6 is 0 Å². The molecule has 0 saturated carbocycles. The lowest BCUT2D eigenvalue weighted by Gasteiger charge is -2.27. The van der Waals surface area contributed by atoms with Gasteiger partial charge in [0.1, 0.15) is 0 Å². The predicted molar refractivity (Wildman–Crippen MR) is 128 cm³/mol. The lowest BCUT2D eigenvalue weighted by molar-refractivity contribution is -0.140. The van der Waals surface area contributed by atoms with Gasteiger partial charge in [-0.3, -0.25) is 19.2 Å². The van der Waals surface area contributed by atoms with Gasteiger partial charge in [-0.15, -0.1) is 6.58 Å². The summed E-state index contributed by atoms with van der Waals surface area (Å²) >= 11 is 0. The van der Waals surface area contributed by atoms with Gasteiger partial charge in [-0.25, -0.2) is 0 Å². The van der Waals surface area contributed by atoms with Crippen molar-refractivity contribution in [3.05, 3.63) is 48.6 Å². The standard InChI is InChI=1S/C27H36N2O4/c1-4-10-20-15-16-28(27(20)23(30)5-2)26(33)14-13-24(31)22-17-21(18-29(22)25(32)6-3)19-11-8-7-9-12-19/h4,7-9,11-12,20-22,27H,1,5-6,10,13-18H2,2-3H3/t20-,21?,22-,27-/m0/s1. The highest BCUT2D eigenvalue weighted by Crippen LogP contribution is 2.34. The van der Waals surface area contributed by atoms with Crippen molar-refractivity contribution in [2.24, 2.45) is 5.92 Å². The van der Waals surface area contributed by atoms with E-state index in [9.17, 15) is 19.2 Å². The molecule has 1 aromatic rings. The van der Waals surface area contributed by atoms with E-state index in [-0.39, 0.29) is 48.1 Å². The second kappa shape index (κ2) is 11.4. The molecule has 6 heteroatoms. The molecule has 4 atom stereocenters. The molecule has 1 aromatic carbocycles. The Morgan fingerprint density at radius 3 is 2.33 bits per heavy atom. The monoisotopic (exact) mass is 452 g/mol. The smallest absolute Gasteiger partial charge is 0.223 e. The third kappa shape index (κ3) is 5.60. The average Bonchev–Trinajstić information content (AvgIpc) is 3.47. The highest BCUT2D eigenvalue weighted by molar-refractivity contribution is 5.94. The molecule has 6 nitrogen and oxygen atoms in total. The Morgan fingerprint density at radius 1 is 0.970 bits per heavy atom. The maximum absolute atomic E-state index is 13.2. The Morgan fingerprint density at radius 2 is 1.70 bits per heavy atom. The van der Waals surface area contributed by atoms with Crippen LogP contribution in [0.4, 0.5) is 0 Å². The quantitative estimate of drug-likeness (QED) is 0.505. The number of amides is 2. The maximum atomic E-state index is 13.2. The van der Waals surface area contributed by atoms with E-state index in [0.717, 1.165) is 12.0 Å². The van der Waals surface area contributed by atoms with Crippen molar-refractivity contribution < 1.29 is 19.2 Å². The number of nitrogens with zero attached hydrogens (tertiary/aromatic N) is 2. The third-order valence-corrected chi connectivity index (χ3v) is 7.14. The van der Waals surface area contributed by atoms with Crippen molar-refractivity contribution in [3.63, 3.8) is 0 Å². The SMILES string of the molecule is C=CC[C@H]1CCN(C(=O)CCC(=O)[C@@H]2CC(c3ccccc3)CN2C(=O)CC)[C@@H]1C(=O)CC. The molecule has 2 heterocycles. The van der Waals surface area contributed by atoms with Crippen LogP contribution in [0.15, 0.2) is 43.0 Å². The van der Waals surface area contributed by atoms with E-state index in [1.165, 1.54) is 0 Å². The summed E-state index contributed by atoms with van der Waals surface area (Å²) in [4.78, 5) is 54.7. The van der Waals surface area contributed by atoms with E-state index in [2.05, 4.69) is 6.58 Å². The van der Waals surface area contributed by atoms with E-state index < -0.39 is 12.1 Å². The fraction of sp³-hybridized carbons (Fsp3) is 0.556. The molecule has 0 spiro atoms. The summed E-state index contributed by atoms with van der Waals surface area (Å²) in [5, 5.41) is 0. The second-order valence-electron chi connectivity index (χ2n) is 9.15. The average molecular weight is 453 g/mol. The fourth-order valence-electron chi connectivity index (χ4n) is 5.37.